The minimum absolute atomic E-state index is 0.145. The van der Waals surface area contributed by atoms with Crippen molar-refractivity contribution in [1.82, 2.24) is 15.2 Å². The lowest BCUT2D eigenvalue weighted by atomic mass is 10.2. The quantitative estimate of drug-likeness (QED) is 0.581. The van der Waals surface area contributed by atoms with Gasteiger partial charge in [-0.1, -0.05) is 0 Å². The Morgan fingerprint density at radius 3 is 2.46 bits per heavy atom. The second kappa shape index (κ2) is 7.95. The van der Waals surface area contributed by atoms with Gasteiger partial charge in [-0.05, 0) is 26.0 Å². The van der Waals surface area contributed by atoms with Gasteiger partial charge in [0, 0.05) is 5.56 Å². The molecule has 0 bridgehead atoms. The molecule has 2 rings (SSSR count). The highest BCUT2D eigenvalue weighted by atomic mass is 16.5. The predicted molar refractivity (Wildman–Crippen MR) is 89.3 cm³/mol. The third-order valence-corrected chi connectivity index (χ3v) is 3.02. The summed E-state index contributed by atoms with van der Waals surface area (Å²) in [7, 11) is 3.09. The number of hydrazone groups is 1. The van der Waals surface area contributed by atoms with Gasteiger partial charge in [0.1, 0.15) is 5.69 Å². The number of anilines is 1. The molecule has 2 N–H and O–H groups in total. The van der Waals surface area contributed by atoms with Crippen LogP contribution in [0.15, 0.2) is 22.0 Å². The Morgan fingerprint density at radius 2 is 1.92 bits per heavy atom. The molecule has 0 atom stereocenters. The minimum atomic E-state index is -0.327. The minimum Gasteiger partial charge on any atom is -0.493 e. The van der Waals surface area contributed by atoms with Gasteiger partial charge < -0.3 is 14.2 Å². The number of nitrogens with zero attached hydrogens (tertiary/aromatic N) is 3. The Morgan fingerprint density at radius 1 is 1.25 bits per heavy atom. The largest absolute Gasteiger partial charge is 0.493 e. The van der Waals surface area contributed by atoms with E-state index in [0.29, 0.717) is 29.4 Å². The second-order valence-corrected chi connectivity index (χ2v) is 4.65. The topological polar surface area (TPSA) is 111 Å². The molecular weight excluding hydrogens is 314 g/mol. The van der Waals surface area contributed by atoms with E-state index in [1.54, 1.807) is 33.3 Å². The number of aromatic nitrogens is 3. The van der Waals surface area contributed by atoms with E-state index in [1.165, 1.54) is 6.21 Å². The van der Waals surface area contributed by atoms with Crippen LogP contribution in [0.25, 0.3) is 0 Å². The number of nitrogens with one attached hydrogen (secondary N) is 2. The normalized spacial score (nSPS) is 10.7. The third-order valence-electron chi connectivity index (χ3n) is 3.02. The molecule has 0 aliphatic carbocycles. The fourth-order valence-electron chi connectivity index (χ4n) is 1.87. The predicted octanol–water partition coefficient (Wildman–Crippen LogP) is 1.34. The molecule has 0 amide bonds. The van der Waals surface area contributed by atoms with Gasteiger partial charge in [0.2, 0.25) is 11.7 Å². The van der Waals surface area contributed by atoms with Crippen LogP contribution in [0.5, 0.6) is 17.2 Å². The molecule has 1 heterocycles. The Hall–Kier alpha value is -3.10. The molecule has 0 saturated heterocycles. The summed E-state index contributed by atoms with van der Waals surface area (Å²) in [6.07, 6.45) is 1.53. The summed E-state index contributed by atoms with van der Waals surface area (Å²) in [5.74, 6) is 1.73. The molecule has 0 aliphatic heterocycles. The number of rotatable bonds is 7. The van der Waals surface area contributed by atoms with Crippen molar-refractivity contribution in [2.75, 3.05) is 26.3 Å². The molecule has 128 valence electrons. The second-order valence-electron chi connectivity index (χ2n) is 4.65. The van der Waals surface area contributed by atoms with Gasteiger partial charge in [0.25, 0.3) is 5.56 Å². The first-order valence-corrected chi connectivity index (χ1v) is 7.20. The molecular formula is C15H19N5O4. The maximum Gasteiger partial charge on any atom is 0.274 e. The van der Waals surface area contributed by atoms with Crippen LogP contribution in [-0.4, -0.2) is 42.2 Å². The van der Waals surface area contributed by atoms with Gasteiger partial charge >= 0.3 is 0 Å². The van der Waals surface area contributed by atoms with E-state index in [1.807, 2.05) is 6.92 Å². The van der Waals surface area contributed by atoms with Crippen molar-refractivity contribution in [3.05, 3.63) is 33.7 Å². The highest BCUT2D eigenvalue weighted by Crippen LogP contribution is 2.38. The molecule has 2 aromatic rings. The van der Waals surface area contributed by atoms with E-state index in [9.17, 15) is 4.79 Å². The summed E-state index contributed by atoms with van der Waals surface area (Å²) in [5, 5.41) is 11.5. The molecule has 1 aromatic heterocycles. The van der Waals surface area contributed by atoms with Crippen LogP contribution < -0.4 is 25.2 Å². The van der Waals surface area contributed by atoms with Crippen LogP contribution in [0.3, 0.4) is 0 Å². The first-order valence-electron chi connectivity index (χ1n) is 7.20. The summed E-state index contributed by atoms with van der Waals surface area (Å²) in [6.45, 7) is 3.93. The highest BCUT2D eigenvalue weighted by molar-refractivity contribution is 5.82. The monoisotopic (exact) mass is 333 g/mol. The Bertz CT molecular complexity index is 763. The maximum absolute atomic E-state index is 11.4. The highest BCUT2D eigenvalue weighted by Gasteiger charge is 2.13. The van der Waals surface area contributed by atoms with Gasteiger partial charge in [-0.15, -0.1) is 10.2 Å². The molecule has 0 spiro atoms. The third kappa shape index (κ3) is 4.00. The average Bonchev–Trinajstić information content (AvgIpc) is 2.59. The van der Waals surface area contributed by atoms with Gasteiger partial charge in [-0.3, -0.25) is 9.78 Å². The van der Waals surface area contributed by atoms with Crippen LogP contribution >= 0.6 is 0 Å². The van der Waals surface area contributed by atoms with Crippen LogP contribution in [0.2, 0.25) is 0 Å². The van der Waals surface area contributed by atoms with Crippen molar-refractivity contribution in [3.8, 4) is 17.2 Å². The van der Waals surface area contributed by atoms with Gasteiger partial charge in [-0.2, -0.15) is 5.10 Å². The van der Waals surface area contributed by atoms with Crippen molar-refractivity contribution in [2.45, 2.75) is 13.8 Å². The summed E-state index contributed by atoms with van der Waals surface area (Å²) in [5.41, 5.74) is 3.27. The Balaban J connectivity index is 2.22. The van der Waals surface area contributed by atoms with Crippen LogP contribution in [-0.2, 0) is 0 Å². The molecule has 0 saturated carbocycles. The average molecular weight is 333 g/mol. The molecule has 1 aromatic carbocycles. The van der Waals surface area contributed by atoms with Gasteiger partial charge in [0.05, 0.1) is 27.0 Å². The maximum atomic E-state index is 11.4. The van der Waals surface area contributed by atoms with Crippen molar-refractivity contribution in [3.63, 3.8) is 0 Å². The van der Waals surface area contributed by atoms with Crippen molar-refractivity contribution < 1.29 is 14.2 Å². The molecule has 0 fully saturated rings. The van der Waals surface area contributed by atoms with E-state index in [0.717, 1.165) is 0 Å². The standard InChI is InChI=1S/C15H19N5O4/c1-5-24-13-11(22-3)6-10(7-12(13)23-4)8-16-19-15-17-14(21)9(2)18-20-15/h6-8H,5H2,1-4H3,(H2,17,19,20,21)/b16-8+. The molecule has 0 radical (unpaired) electrons. The van der Waals surface area contributed by atoms with E-state index in [4.69, 9.17) is 14.2 Å². The number of benzene rings is 1. The summed E-state index contributed by atoms with van der Waals surface area (Å²) >= 11 is 0. The van der Waals surface area contributed by atoms with E-state index < -0.39 is 0 Å². The molecule has 24 heavy (non-hydrogen) atoms. The zero-order chi connectivity index (χ0) is 17.5. The lowest BCUT2D eigenvalue weighted by Crippen LogP contribution is -2.15. The van der Waals surface area contributed by atoms with Gasteiger partial charge in [0.15, 0.2) is 11.5 Å². The fourth-order valence-corrected chi connectivity index (χ4v) is 1.87. The number of methoxy groups -OCH3 is 2. The lowest BCUT2D eigenvalue weighted by Gasteiger charge is -2.14. The molecule has 0 aliphatic rings. The SMILES string of the molecule is CCOc1c(OC)cc(/C=N/Nc2nnc(C)c(=O)[nH]2)cc1OC. The van der Waals surface area contributed by atoms with Crippen molar-refractivity contribution in [2.24, 2.45) is 5.10 Å². The Kier molecular flexibility index (Phi) is 5.72. The first-order chi connectivity index (χ1) is 11.6. The summed E-state index contributed by atoms with van der Waals surface area (Å²) in [6, 6.07) is 3.50. The number of ether oxygens (including phenoxy) is 3. The van der Waals surface area contributed by atoms with E-state index in [-0.39, 0.29) is 17.2 Å². The van der Waals surface area contributed by atoms with Crippen molar-refractivity contribution in [1.29, 1.82) is 0 Å². The van der Waals surface area contributed by atoms with Crippen LogP contribution in [0, 0.1) is 6.92 Å². The Labute approximate surface area is 138 Å². The van der Waals surface area contributed by atoms with Crippen LogP contribution in [0.4, 0.5) is 5.95 Å². The smallest absolute Gasteiger partial charge is 0.274 e. The first kappa shape index (κ1) is 17.3. The number of hydrogen-bond acceptors (Lipinski definition) is 8. The fraction of sp³-hybridized carbons (Fsp3) is 0.333. The molecule has 9 nitrogen and oxygen atoms in total. The molecule has 9 heteroatoms. The zero-order valence-electron chi connectivity index (χ0n) is 13.9. The number of aryl methyl sites for hydroxylation is 1. The van der Waals surface area contributed by atoms with Gasteiger partial charge in [-0.25, -0.2) is 5.43 Å². The summed E-state index contributed by atoms with van der Waals surface area (Å²) < 4.78 is 16.2. The number of H-pyrrole nitrogens is 1. The molecule has 0 unspecified atom stereocenters. The lowest BCUT2D eigenvalue weighted by molar-refractivity contribution is 0.288. The summed E-state index contributed by atoms with van der Waals surface area (Å²) in [4.78, 5) is 14.0. The van der Waals surface area contributed by atoms with Crippen LogP contribution in [0.1, 0.15) is 18.2 Å². The number of hydrogen-bond donors (Lipinski definition) is 2. The van der Waals surface area contributed by atoms with E-state index in [2.05, 4.69) is 25.7 Å². The van der Waals surface area contributed by atoms with Crippen molar-refractivity contribution >= 4 is 12.2 Å². The number of aromatic amines is 1. The zero-order valence-corrected chi connectivity index (χ0v) is 13.9. The van der Waals surface area contributed by atoms with E-state index >= 15 is 0 Å².